The molecule has 13 heavy (non-hydrogen) atoms. The van der Waals surface area contributed by atoms with Gasteiger partial charge in [-0.3, -0.25) is 0 Å². The molecular weight excluding hydrogens is 174 g/mol. The van der Waals surface area contributed by atoms with E-state index in [9.17, 15) is 4.79 Å². The molecule has 6 N–H and O–H groups in total. The topological polar surface area (TPSA) is 129 Å². The zero-order valence-corrected chi connectivity index (χ0v) is 7.15. The Hall–Kier alpha value is -2.05. The van der Waals surface area contributed by atoms with E-state index >= 15 is 0 Å². The zero-order chi connectivity index (χ0) is 10.4. The van der Waals surface area contributed by atoms with Crippen molar-refractivity contribution >= 4 is 17.9 Å². The van der Waals surface area contributed by atoms with Crippen molar-refractivity contribution < 1.29 is 9.63 Å². The van der Waals surface area contributed by atoms with Crippen LogP contribution >= 0.6 is 0 Å². The molecule has 0 aromatic rings. The summed E-state index contributed by atoms with van der Waals surface area (Å²) in [7, 11) is 0. The van der Waals surface area contributed by atoms with Crippen molar-refractivity contribution in [2.75, 3.05) is 0 Å². The summed E-state index contributed by atoms with van der Waals surface area (Å²) < 4.78 is 0. The Kier molecular flexibility index (Phi) is 4.00. The van der Waals surface area contributed by atoms with Crippen molar-refractivity contribution in [3.05, 3.63) is 12.2 Å². The molecule has 0 rings (SSSR count). The van der Waals surface area contributed by atoms with Gasteiger partial charge in [-0.1, -0.05) is 6.58 Å². The molecule has 0 amide bonds. The maximum absolute atomic E-state index is 10.7. The van der Waals surface area contributed by atoms with Crippen LogP contribution < -0.4 is 17.2 Å². The third-order valence-electron chi connectivity index (χ3n) is 0.814. The first-order valence-corrected chi connectivity index (χ1v) is 3.23. The molecule has 0 aliphatic rings. The number of nitrogens with zero attached hydrogens (tertiary/aromatic N) is 2. The van der Waals surface area contributed by atoms with Gasteiger partial charge in [0.15, 0.2) is 5.96 Å². The molecule has 0 fully saturated rings. The molecule has 0 aromatic heterocycles. The Morgan fingerprint density at radius 1 is 1.38 bits per heavy atom. The van der Waals surface area contributed by atoms with Crippen LogP contribution in [-0.4, -0.2) is 17.9 Å². The predicted molar refractivity (Wildman–Crippen MR) is 48.3 cm³/mol. The largest absolute Gasteiger partial charge is 0.370 e. The summed E-state index contributed by atoms with van der Waals surface area (Å²) in [5, 5.41) is 3.12. The predicted octanol–water partition coefficient (Wildman–Crippen LogP) is -1.39. The molecule has 0 aromatic carbocycles. The fourth-order valence-electron chi connectivity index (χ4n) is 0.319. The molecule has 0 aliphatic heterocycles. The second kappa shape index (κ2) is 4.75. The highest BCUT2D eigenvalue weighted by Crippen LogP contribution is 1.91. The van der Waals surface area contributed by atoms with Crippen LogP contribution in [0.15, 0.2) is 22.3 Å². The van der Waals surface area contributed by atoms with E-state index in [1.165, 1.54) is 6.92 Å². The van der Waals surface area contributed by atoms with Crippen LogP contribution in [0.4, 0.5) is 0 Å². The summed E-state index contributed by atoms with van der Waals surface area (Å²) in [6, 6.07) is 0. The molecule has 0 saturated carbocycles. The second-order valence-electron chi connectivity index (χ2n) is 2.15. The third-order valence-corrected chi connectivity index (χ3v) is 0.814. The number of carbonyl (C=O) groups is 1. The molecule has 0 spiro atoms. The van der Waals surface area contributed by atoms with Crippen LogP contribution in [0.2, 0.25) is 0 Å². The van der Waals surface area contributed by atoms with Gasteiger partial charge in [0.1, 0.15) is 0 Å². The minimum atomic E-state index is -0.700. The standard InChI is InChI=1S/C6H11N5O2/c1-3(2)4(12)13-11-6(9)10-5(7)8/h1H2,2H3,(H6,7,8,9,10,11). The second-order valence-corrected chi connectivity index (χ2v) is 2.15. The number of hydrogen-bond donors (Lipinski definition) is 3. The van der Waals surface area contributed by atoms with Crippen LogP contribution in [0.5, 0.6) is 0 Å². The summed E-state index contributed by atoms with van der Waals surface area (Å²) in [6.07, 6.45) is 0. The Bertz CT molecular complexity index is 277. The lowest BCUT2D eigenvalue weighted by molar-refractivity contribution is -0.138. The first-order chi connectivity index (χ1) is 5.93. The Balaban J connectivity index is 4.20. The lowest BCUT2D eigenvalue weighted by Gasteiger charge is -1.95. The smallest absolute Gasteiger partial charge is 0.361 e. The monoisotopic (exact) mass is 185 g/mol. The molecule has 0 radical (unpaired) electrons. The lowest BCUT2D eigenvalue weighted by atomic mass is 10.4. The van der Waals surface area contributed by atoms with E-state index in [0.717, 1.165) is 0 Å². The number of carbonyl (C=O) groups excluding carboxylic acids is 1. The van der Waals surface area contributed by atoms with E-state index in [0.29, 0.717) is 0 Å². The quantitative estimate of drug-likeness (QED) is 0.160. The molecule has 0 bridgehead atoms. The fourth-order valence-corrected chi connectivity index (χ4v) is 0.319. The van der Waals surface area contributed by atoms with Gasteiger partial charge in [0, 0.05) is 5.57 Å². The summed E-state index contributed by atoms with van der Waals surface area (Å²) in [5.41, 5.74) is 15.3. The van der Waals surface area contributed by atoms with Gasteiger partial charge in [0.05, 0.1) is 0 Å². The minimum absolute atomic E-state index is 0.196. The number of aliphatic imine (C=N–C) groups is 1. The molecule has 0 aliphatic carbocycles. The van der Waals surface area contributed by atoms with Gasteiger partial charge in [0.2, 0.25) is 0 Å². The Morgan fingerprint density at radius 3 is 2.31 bits per heavy atom. The maximum Gasteiger partial charge on any atom is 0.361 e. The van der Waals surface area contributed by atoms with Crippen LogP contribution in [0.3, 0.4) is 0 Å². The van der Waals surface area contributed by atoms with E-state index in [-0.39, 0.29) is 17.5 Å². The van der Waals surface area contributed by atoms with E-state index in [2.05, 4.69) is 21.6 Å². The number of nitrogens with two attached hydrogens (primary N) is 3. The van der Waals surface area contributed by atoms with Crippen LogP contribution in [0.1, 0.15) is 6.92 Å². The Morgan fingerprint density at radius 2 is 1.92 bits per heavy atom. The van der Waals surface area contributed by atoms with Crippen molar-refractivity contribution in [3.63, 3.8) is 0 Å². The van der Waals surface area contributed by atoms with Crippen LogP contribution in [0.25, 0.3) is 0 Å². The van der Waals surface area contributed by atoms with Crippen LogP contribution in [0, 0.1) is 0 Å². The highest BCUT2D eigenvalue weighted by Gasteiger charge is 2.02. The lowest BCUT2D eigenvalue weighted by Crippen LogP contribution is -2.26. The summed E-state index contributed by atoms with van der Waals surface area (Å²) >= 11 is 0. The summed E-state index contributed by atoms with van der Waals surface area (Å²) in [4.78, 5) is 18.3. The molecule has 72 valence electrons. The van der Waals surface area contributed by atoms with Crippen LogP contribution in [-0.2, 0) is 9.63 Å². The van der Waals surface area contributed by atoms with E-state index < -0.39 is 5.97 Å². The number of rotatable bonds is 2. The van der Waals surface area contributed by atoms with Crippen molar-refractivity contribution in [3.8, 4) is 0 Å². The fraction of sp³-hybridized carbons (Fsp3) is 0.167. The van der Waals surface area contributed by atoms with Gasteiger partial charge >= 0.3 is 5.97 Å². The molecule has 7 nitrogen and oxygen atoms in total. The van der Waals surface area contributed by atoms with Gasteiger partial charge in [0.25, 0.3) is 5.96 Å². The molecule has 0 heterocycles. The number of guanidine groups is 2. The highest BCUT2D eigenvalue weighted by molar-refractivity contribution is 5.93. The normalized spacial score (nSPS) is 10.4. The molecule has 0 unspecified atom stereocenters. The van der Waals surface area contributed by atoms with Gasteiger partial charge < -0.3 is 22.0 Å². The van der Waals surface area contributed by atoms with E-state index in [4.69, 9.17) is 17.2 Å². The maximum atomic E-state index is 10.7. The first kappa shape index (κ1) is 11.0. The summed E-state index contributed by atoms with van der Waals surface area (Å²) in [5.74, 6) is -1.31. The first-order valence-electron chi connectivity index (χ1n) is 3.23. The van der Waals surface area contributed by atoms with E-state index in [1.54, 1.807) is 0 Å². The minimum Gasteiger partial charge on any atom is -0.370 e. The van der Waals surface area contributed by atoms with Gasteiger partial charge in [-0.25, -0.2) is 4.79 Å². The highest BCUT2D eigenvalue weighted by atomic mass is 16.7. The molecule has 0 saturated heterocycles. The molecular formula is C6H11N5O2. The van der Waals surface area contributed by atoms with Crippen molar-refractivity contribution in [1.29, 1.82) is 0 Å². The SMILES string of the molecule is C=C(C)C(=O)ON=C(N)N=C(N)N. The number of oxime groups is 1. The van der Waals surface area contributed by atoms with Crippen molar-refractivity contribution in [2.45, 2.75) is 6.92 Å². The zero-order valence-electron chi connectivity index (χ0n) is 7.15. The number of hydrogen-bond acceptors (Lipinski definition) is 3. The summed E-state index contributed by atoms with van der Waals surface area (Å²) in [6.45, 7) is 4.79. The Labute approximate surface area is 74.9 Å². The molecule has 7 heteroatoms. The van der Waals surface area contributed by atoms with Crippen molar-refractivity contribution in [1.82, 2.24) is 0 Å². The van der Waals surface area contributed by atoms with Gasteiger partial charge in [-0.15, -0.1) is 0 Å². The van der Waals surface area contributed by atoms with Crippen molar-refractivity contribution in [2.24, 2.45) is 27.3 Å². The van der Waals surface area contributed by atoms with E-state index in [1.807, 2.05) is 0 Å². The molecule has 0 atom stereocenters. The van der Waals surface area contributed by atoms with Gasteiger partial charge in [-0.2, -0.15) is 4.99 Å². The average molecular weight is 185 g/mol. The average Bonchev–Trinajstić information content (AvgIpc) is 1.98. The third kappa shape index (κ3) is 5.24. The van der Waals surface area contributed by atoms with Gasteiger partial charge in [-0.05, 0) is 12.1 Å².